The molecule has 176 valence electrons. The van der Waals surface area contributed by atoms with Gasteiger partial charge in [0.25, 0.3) is 0 Å². The van der Waals surface area contributed by atoms with E-state index in [2.05, 4.69) is 27.8 Å². The monoisotopic (exact) mass is 496 g/mol. The van der Waals surface area contributed by atoms with Crippen LogP contribution in [-0.2, 0) is 11.3 Å². The number of rotatable bonds is 14. The van der Waals surface area contributed by atoms with Crippen molar-refractivity contribution in [1.82, 2.24) is 4.90 Å². The molecule has 0 spiro atoms. The molecule has 1 aliphatic rings. The smallest absolute Gasteiger partial charge is 0.338 e. The van der Waals surface area contributed by atoms with Gasteiger partial charge in [-0.15, -0.1) is 0 Å². The summed E-state index contributed by atoms with van der Waals surface area (Å²) in [6.45, 7) is 4.69. The van der Waals surface area contributed by atoms with Crippen LogP contribution >= 0.6 is 15.9 Å². The summed E-state index contributed by atoms with van der Waals surface area (Å²) in [6, 6.07) is 4.30. The second-order valence-electron chi connectivity index (χ2n) is 8.72. The number of hydrogen-bond acceptors (Lipinski definition) is 5. The van der Waals surface area contributed by atoms with Crippen LogP contribution in [-0.4, -0.2) is 41.8 Å². The van der Waals surface area contributed by atoms with Crippen LogP contribution in [0.3, 0.4) is 0 Å². The number of aliphatic hydroxyl groups is 1. The molecule has 0 heterocycles. The third-order valence-electron chi connectivity index (χ3n) is 6.36. The standard InChI is InChI=1S/C25H41BrN2O3/c1-2-28(22-13-9-8-10-14-22)19-21-17-20(18-23(26)24(21)27)25(30)31-16-12-7-5-3-4-6-11-15-29/h17-18,22,29H,2-16,19,27H2,1H3. The molecule has 0 atom stereocenters. The first-order valence-corrected chi connectivity index (χ1v) is 13.0. The number of nitrogens with zero attached hydrogens (tertiary/aromatic N) is 1. The van der Waals surface area contributed by atoms with Crippen molar-refractivity contribution in [2.45, 2.75) is 96.6 Å². The first-order valence-electron chi connectivity index (χ1n) is 12.2. The summed E-state index contributed by atoms with van der Waals surface area (Å²) in [5, 5.41) is 8.79. The first-order chi connectivity index (χ1) is 15.1. The Morgan fingerprint density at radius 2 is 1.74 bits per heavy atom. The number of benzene rings is 1. The van der Waals surface area contributed by atoms with Crippen LogP contribution in [0, 0.1) is 0 Å². The Kier molecular flexibility index (Phi) is 12.5. The predicted molar refractivity (Wildman–Crippen MR) is 131 cm³/mol. The zero-order chi connectivity index (χ0) is 22.5. The van der Waals surface area contributed by atoms with Gasteiger partial charge >= 0.3 is 5.97 Å². The highest BCUT2D eigenvalue weighted by molar-refractivity contribution is 9.10. The van der Waals surface area contributed by atoms with E-state index < -0.39 is 0 Å². The molecule has 5 nitrogen and oxygen atoms in total. The zero-order valence-electron chi connectivity index (χ0n) is 19.2. The molecular weight excluding hydrogens is 456 g/mol. The molecule has 1 fully saturated rings. The Balaban J connectivity index is 1.84. The lowest BCUT2D eigenvalue weighted by Gasteiger charge is -2.34. The van der Waals surface area contributed by atoms with E-state index >= 15 is 0 Å². The number of carbonyl (C=O) groups excluding carboxylic acids is 1. The van der Waals surface area contributed by atoms with Crippen LogP contribution < -0.4 is 5.73 Å². The van der Waals surface area contributed by atoms with Gasteiger partial charge in [-0.2, -0.15) is 0 Å². The van der Waals surface area contributed by atoms with Crippen LogP contribution in [0.15, 0.2) is 16.6 Å². The fraction of sp³-hybridized carbons (Fsp3) is 0.720. The lowest BCUT2D eigenvalue weighted by atomic mass is 9.93. The highest BCUT2D eigenvalue weighted by Gasteiger charge is 2.22. The molecule has 6 heteroatoms. The van der Waals surface area contributed by atoms with Crippen molar-refractivity contribution < 1.29 is 14.6 Å². The van der Waals surface area contributed by atoms with Gasteiger partial charge in [0, 0.05) is 23.7 Å². The second-order valence-corrected chi connectivity index (χ2v) is 9.57. The molecule has 0 aromatic heterocycles. The van der Waals surface area contributed by atoms with Crippen molar-refractivity contribution in [3.63, 3.8) is 0 Å². The van der Waals surface area contributed by atoms with E-state index in [1.807, 2.05) is 6.07 Å². The van der Waals surface area contributed by atoms with Crippen LogP contribution in [0.25, 0.3) is 0 Å². The van der Waals surface area contributed by atoms with Gasteiger partial charge < -0.3 is 15.6 Å². The minimum Gasteiger partial charge on any atom is -0.462 e. The van der Waals surface area contributed by atoms with Crippen LogP contribution in [0.4, 0.5) is 5.69 Å². The summed E-state index contributed by atoms with van der Waals surface area (Å²) in [4.78, 5) is 15.1. The number of hydrogen-bond donors (Lipinski definition) is 2. The van der Waals surface area contributed by atoms with Crippen molar-refractivity contribution in [2.75, 3.05) is 25.5 Å². The maximum absolute atomic E-state index is 12.6. The lowest BCUT2D eigenvalue weighted by molar-refractivity contribution is 0.0497. The molecule has 1 aliphatic carbocycles. The Hall–Kier alpha value is -1.11. The summed E-state index contributed by atoms with van der Waals surface area (Å²) < 4.78 is 6.29. The van der Waals surface area contributed by atoms with Gasteiger partial charge in [0.05, 0.1) is 17.9 Å². The van der Waals surface area contributed by atoms with E-state index in [1.54, 1.807) is 6.07 Å². The number of aliphatic hydroxyl groups excluding tert-OH is 1. The van der Waals surface area contributed by atoms with Gasteiger partial charge in [0.1, 0.15) is 0 Å². The molecule has 0 amide bonds. The highest BCUT2D eigenvalue weighted by Crippen LogP contribution is 2.30. The topological polar surface area (TPSA) is 75.8 Å². The van der Waals surface area contributed by atoms with Gasteiger partial charge in [-0.05, 0) is 65.9 Å². The van der Waals surface area contributed by atoms with Gasteiger partial charge in [0.15, 0.2) is 0 Å². The zero-order valence-corrected chi connectivity index (χ0v) is 20.8. The van der Waals surface area contributed by atoms with E-state index in [-0.39, 0.29) is 12.6 Å². The third kappa shape index (κ3) is 9.11. The van der Waals surface area contributed by atoms with Crippen molar-refractivity contribution >= 4 is 27.6 Å². The molecule has 0 aliphatic heterocycles. The fourth-order valence-electron chi connectivity index (χ4n) is 4.43. The number of ether oxygens (including phenoxy) is 1. The number of nitrogen functional groups attached to an aromatic ring is 1. The molecule has 2 rings (SSSR count). The summed E-state index contributed by atoms with van der Waals surface area (Å²) >= 11 is 3.53. The number of unbranched alkanes of at least 4 members (excludes halogenated alkanes) is 6. The molecule has 1 saturated carbocycles. The molecule has 1 aromatic rings. The minimum atomic E-state index is -0.273. The normalized spacial score (nSPS) is 14.8. The summed E-state index contributed by atoms with van der Waals surface area (Å²) in [5.41, 5.74) is 8.62. The van der Waals surface area contributed by atoms with E-state index in [0.717, 1.165) is 61.7 Å². The summed E-state index contributed by atoms with van der Waals surface area (Å²) in [7, 11) is 0. The van der Waals surface area contributed by atoms with Gasteiger partial charge in [-0.1, -0.05) is 58.3 Å². The number of anilines is 1. The molecule has 1 aromatic carbocycles. The molecule has 0 saturated heterocycles. The average molecular weight is 498 g/mol. The number of esters is 1. The summed E-state index contributed by atoms with van der Waals surface area (Å²) in [5.74, 6) is -0.273. The Morgan fingerprint density at radius 3 is 2.39 bits per heavy atom. The van der Waals surface area contributed by atoms with E-state index in [0.29, 0.717) is 23.9 Å². The molecule has 0 radical (unpaired) electrons. The third-order valence-corrected chi connectivity index (χ3v) is 7.01. The average Bonchev–Trinajstić information content (AvgIpc) is 2.79. The highest BCUT2D eigenvalue weighted by atomic mass is 79.9. The Bertz CT molecular complexity index is 662. The molecule has 0 bridgehead atoms. The number of nitrogens with two attached hydrogens (primary N) is 1. The van der Waals surface area contributed by atoms with Gasteiger partial charge in [-0.3, -0.25) is 4.90 Å². The lowest BCUT2D eigenvalue weighted by Crippen LogP contribution is -2.36. The van der Waals surface area contributed by atoms with Gasteiger partial charge in [0.2, 0.25) is 0 Å². The summed E-state index contributed by atoms with van der Waals surface area (Å²) in [6.07, 6.45) is 13.9. The Labute approximate surface area is 196 Å². The quantitative estimate of drug-likeness (QED) is 0.186. The van der Waals surface area contributed by atoms with Crippen molar-refractivity contribution in [3.8, 4) is 0 Å². The van der Waals surface area contributed by atoms with Crippen molar-refractivity contribution in [2.24, 2.45) is 0 Å². The van der Waals surface area contributed by atoms with Gasteiger partial charge in [-0.25, -0.2) is 4.79 Å². The second kappa shape index (κ2) is 14.9. The first kappa shape index (κ1) is 26.1. The minimum absolute atomic E-state index is 0.273. The molecular formula is C25H41BrN2O3. The maximum Gasteiger partial charge on any atom is 0.338 e. The fourth-order valence-corrected chi connectivity index (χ4v) is 4.93. The number of carbonyl (C=O) groups is 1. The van der Waals surface area contributed by atoms with Crippen LogP contribution in [0.1, 0.15) is 99.9 Å². The van der Waals surface area contributed by atoms with Crippen LogP contribution in [0.2, 0.25) is 0 Å². The SMILES string of the molecule is CCN(Cc1cc(C(=O)OCCCCCCCCCO)cc(Br)c1N)C1CCCCC1. The molecule has 0 unspecified atom stereocenters. The van der Waals surface area contributed by atoms with E-state index in [1.165, 1.54) is 38.5 Å². The largest absolute Gasteiger partial charge is 0.462 e. The van der Waals surface area contributed by atoms with Crippen LogP contribution in [0.5, 0.6) is 0 Å². The molecule has 31 heavy (non-hydrogen) atoms. The number of halogens is 1. The maximum atomic E-state index is 12.6. The van der Waals surface area contributed by atoms with E-state index in [9.17, 15) is 4.79 Å². The van der Waals surface area contributed by atoms with Crippen molar-refractivity contribution in [1.29, 1.82) is 0 Å². The van der Waals surface area contributed by atoms with Crippen molar-refractivity contribution in [3.05, 3.63) is 27.7 Å². The predicted octanol–water partition coefficient (Wildman–Crippen LogP) is 6.07. The molecule has 3 N–H and O–H groups in total. The Morgan fingerprint density at radius 1 is 1.10 bits per heavy atom. The van der Waals surface area contributed by atoms with E-state index in [4.69, 9.17) is 15.6 Å².